The lowest BCUT2D eigenvalue weighted by Gasteiger charge is -2.34. The molecule has 0 spiro atoms. The van der Waals surface area contributed by atoms with E-state index in [4.69, 9.17) is 18.9 Å². The first-order valence-electron chi connectivity index (χ1n) is 11.1. The summed E-state index contributed by atoms with van der Waals surface area (Å²) in [6.07, 6.45) is 11.7. The van der Waals surface area contributed by atoms with E-state index in [0.717, 1.165) is 16.7 Å². The van der Waals surface area contributed by atoms with Crippen molar-refractivity contribution in [1.82, 2.24) is 10.2 Å². The van der Waals surface area contributed by atoms with E-state index >= 15 is 0 Å². The second kappa shape index (κ2) is 8.19. The zero-order valence-electron chi connectivity index (χ0n) is 19.0. The van der Waals surface area contributed by atoms with Crippen molar-refractivity contribution in [2.24, 2.45) is 0 Å². The van der Waals surface area contributed by atoms with Gasteiger partial charge in [-0.15, -0.1) is 0 Å². The number of rotatable bonds is 5. The van der Waals surface area contributed by atoms with Crippen LogP contribution in [0.3, 0.4) is 0 Å². The summed E-state index contributed by atoms with van der Waals surface area (Å²) in [5, 5.41) is 14.1. The highest BCUT2D eigenvalue weighted by Gasteiger charge is 2.49. The maximum atomic E-state index is 12.5. The number of nitrogens with zero attached hydrogens (tertiary/aromatic N) is 1. The van der Waals surface area contributed by atoms with Gasteiger partial charge < -0.3 is 34.3 Å². The third kappa shape index (κ3) is 3.64. The van der Waals surface area contributed by atoms with E-state index in [-0.39, 0.29) is 18.3 Å². The number of benzene rings is 1. The van der Waals surface area contributed by atoms with Gasteiger partial charge in [0, 0.05) is 36.5 Å². The van der Waals surface area contributed by atoms with Gasteiger partial charge in [0.15, 0.2) is 0 Å². The largest absolute Gasteiger partial charge is 0.496 e. The van der Waals surface area contributed by atoms with Crippen LogP contribution < -0.4 is 19.5 Å². The Kier molecular flexibility index (Phi) is 5.32. The molecule has 0 amide bonds. The molecule has 1 aromatic rings. The first-order chi connectivity index (χ1) is 15.9. The molecule has 0 aromatic heterocycles. The average Bonchev–Trinajstić information content (AvgIpc) is 3.44. The predicted octanol–water partition coefficient (Wildman–Crippen LogP) is 2.81. The number of allylic oxidation sites excluding steroid dienone is 2. The number of aliphatic hydroxyl groups is 1. The number of carbonyl (C=O) groups excluding carboxylic acids is 1. The smallest absolute Gasteiger partial charge is 0.374 e. The maximum Gasteiger partial charge on any atom is 0.374 e. The van der Waals surface area contributed by atoms with Gasteiger partial charge in [-0.3, -0.25) is 0 Å². The van der Waals surface area contributed by atoms with Crippen LogP contribution in [0.25, 0.3) is 5.57 Å². The SMILES string of the molecule is CCOC(=O)C1=C/C(=C\CN2C=CNC2)c2c(cc3c(c2OC)[C@@H]2C=CC[C@@](C)(O)[C@H]2O3)O1. The number of methoxy groups -OCH3 is 1. The standard InChI is InChI=1S/C25H28N2O6/c1-4-31-24(28)19-12-15(7-10-27-11-9-26-14-27)20-17(32-19)13-18-21(22(20)30-3)16-6-5-8-25(2,29)23(16)33-18/h5-7,9,11-13,16,23,26,29H,4,8,10,14H2,1-3H3/b15-7+/t16-,23-,25+/m0/s1. The Balaban J connectivity index is 1.62. The quantitative estimate of drug-likeness (QED) is 0.521. The summed E-state index contributed by atoms with van der Waals surface area (Å²) in [7, 11) is 1.61. The summed E-state index contributed by atoms with van der Waals surface area (Å²) < 4.78 is 23.3. The molecule has 4 aliphatic rings. The summed E-state index contributed by atoms with van der Waals surface area (Å²) in [6, 6.07) is 1.78. The van der Waals surface area contributed by atoms with Gasteiger partial charge in [0.25, 0.3) is 0 Å². The Hall–Kier alpha value is -3.39. The fourth-order valence-electron chi connectivity index (χ4n) is 4.80. The number of ether oxygens (including phenoxy) is 4. The fraction of sp³-hybridized carbons (Fsp3) is 0.400. The van der Waals surface area contributed by atoms with Crippen molar-refractivity contribution in [3.8, 4) is 17.2 Å². The Bertz CT molecular complexity index is 1100. The molecular formula is C25H28N2O6. The molecule has 0 saturated carbocycles. The zero-order valence-corrected chi connectivity index (χ0v) is 19.0. The highest BCUT2D eigenvalue weighted by molar-refractivity contribution is 5.96. The van der Waals surface area contributed by atoms with E-state index in [1.54, 1.807) is 33.1 Å². The molecule has 8 heteroatoms. The Morgan fingerprint density at radius 1 is 1.42 bits per heavy atom. The molecule has 0 unspecified atom stereocenters. The van der Waals surface area contributed by atoms with Crippen molar-refractivity contribution in [3.63, 3.8) is 0 Å². The second-order valence-corrected chi connectivity index (χ2v) is 8.69. The Morgan fingerprint density at radius 2 is 2.27 bits per heavy atom. The molecule has 2 N–H and O–H groups in total. The van der Waals surface area contributed by atoms with Gasteiger partial charge in [-0.2, -0.15) is 0 Å². The van der Waals surface area contributed by atoms with Gasteiger partial charge in [0.1, 0.15) is 29.0 Å². The number of fused-ring (bicyclic) bond motifs is 4. The van der Waals surface area contributed by atoms with Gasteiger partial charge >= 0.3 is 5.97 Å². The summed E-state index contributed by atoms with van der Waals surface area (Å²) in [5.74, 6) is 1.10. The third-order valence-corrected chi connectivity index (χ3v) is 6.37. The molecule has 1 aromatic carbocycles. The maximum absolute atomic E-state index is 12.5. The van der Waals surface area contributed by atoms with Crippen LogP contribution in [0.4, 0.5) is 0 Å². The first-order valence-corrected chi connectivity index (χ1v) is 11.1. The molecule has 3 heterocycles. The molecule has 8 nitrogen and oxygen atoms in total. The third-order valence-electron chi connectivity index (χ3n) is 6.37. The van der Waals surface area contributed by atoms with Crippen LogP contribution in [-0.4, -0.2) is 54.6 Å². The van der Waals surface area contributed by atoms with Crippen molar-refractivity contribution >= 4 is 11.5 Å². The number of esters is 1. The first kappa shape index (κ1) is 21.5. The van der Waals surface area contributed by atoms with Crippen molar-refractivity contribution in [3.05, 3.63) is 59.7 Å². The van der Waals surface area contributed by atoms with Crippen LogP contribution >= 0.6 is 0 Å². The van der Waals surface area contributed by atoms with Gasteiger partial charge in [-0.25, -0.2) is 4.79 Å². The minimum atomic E-state index is -1.01. The fourth-order valence-corrected chi connectivity index (χ4v) is 4.80. The zero-order chi connectivity index (χ0) is 23.2. The van der Waals surface area contributed by atoms with Crippen LogP contribution in [0, 0.1) is 0 Å². The lowest BCUT2D eigenvalue weighted by atomic mass is 9.78. The highest BCUT2D eigenvalue weighted by atomic mass is 16.6. The van der Waals surface area contributed by atoms with E-state index in [1.165, 1.54) is 0 Å². The number of hydrogen-bond donors (Lipinski definition) is 2. The minimum Gasteiger partial charge on any atom is -0.496 e. The normalized spacial score (nSPS) is 27.7. The number of carbonyl (C=O) groups is 1. The Labute approximate surface area is 192 Å². The van der Waals surface area contributed by atoms with E-state index in [0.29, 0.717) is 36.9 Å². The molecule has 0 fully saturated rings. The highest BCUT2D eigenvalue weighted by Crippen LogP contribution is 2.55. The lowest BCUT2D eigenvalue weighted by molar-refractivity contribution is -0.141. The number of nitrogens with one attached hydrogen (secondary N) is 1. The van der Waals surface area contributed by atoms with Crippen molar-refractivity contribution < 1.29 is 28.8 Å². The molecule has 3 atom stereocenters. The topological polar surface area (TPSA) is 89.5 Å². The van der Waals surface area contributed by atoms with E-state index in [9.17, 15) is 9.90 Å². The molecule has 5 rings (SSSR count). The monoisotopic (exact) mass is 452 g/mol. The molecule has 3 aliphatic heterocycles. The summed E-state index contributed by atoms with van der Waals surface area (Å²) >= 11 is 0. The van der Waals surface area contributed by atoms with Crippen molar-refractivity contribution in [2.45, 2.75) is 37.9 Å². The van der Waals surface area contributed by atoms with Gasteiger partial charge in [0.2, 0.25) is 5.76 Å². The molecular weight excluding hydrogens is 424 g/mol. The van der Waals surface area contributed by atoms with E-state index in [1.807, 2.05) is 24.6 Å². The molecule has 1 aliphatic carbocycles. The molecule has 0 saturated heterocycles. The minimum absolute atomic E-state index is 0.106. The molecule has 0 bridgehead atoms. The van der Waals surface area contributed by atoms with E-state index in [2.05, 4.69) is 16.3 Å². The summed E-state index contributed by atoms with van der Waals surface area (Å²) in [6.45, 7) is 5.12. The van der Waals surface area contributed by atoms with Gasteiger partial charge in [-0.05, 0) is 31.9 Å². The van der Waals surface area contributed by atoms with Crippen LogP contribution in [0.15, 0.2) is 48.5 Å². The van der Waals surface area contributed by atoms with Crippen LogP contribution in [0.5, 0.6) is 17.2 Å². The van der Waals surface area contributed by atoms with Gasteiger partial charge in [0.05, 0.1) is 25.9 Å². The second-order valence-electron chi connectivity index (χ2n) is 8.69. The van der Waals surface area contributed by atoms with E-state index < -0.39 is 17.7 Å². The molecule has 0 radical (unpaired) electrons. The predicted molar refractivity (Wildman–Crippen MR) is 122 cm³/mol. The Morgan fingerprint density at radius 3 is 3.00 bits per heavy atom. The van der Waals surface area contributed by atoms with Crippen LogP contribution in [0.1, 0.15) is 37.3 Å². The van der Waals surface area contributed by atoms with Gasteiger partial charge in [-0.1, -0.05) is 18.2 Å². The molecule has 174 valence electrons. The summed E-state index contributed by atoms with van der Waals surface area (Å²) in [5.41, 5.74) is 1.42. The van der Waals surface area contributed by atoms with Crippen molar-refractivity contribution in [2.75, 3.05) is 26.9 Å². The van der Waals surface area contributed by atoms with Crippen molar-refractivity contribution in [1.29, 1.82) is 0 Å². The van der Waals surface area contributed by atoms with Crippen LogP contribution in [0.2, 0.25) is 0 Å². The number of hydrogen-bond acceptors (Lipinski definition) is 8. The average molecular weight is 453 g/mol. The molecule has 33 heavy (non-hydrogen) atoms. The summed E-state index contributed by atoms with van der Waals surface area (Å²) in [4.78, 5) is 14.6. The lowest BCUT2D eigenvalue weighted by Crippen LogP contribution is -2.45. The van der Waals surface area contributed by atoms with Crippen LogP contribution in [-0.2, 0) is 9.53 Å².